The Balaban J connectivity index is 1.30. The molecule has 0 aliphatic carbocycles. The van der Waals surface area contributed by atoms with E-state index in [2.05, 4.69) is 25.7 Å². The van der Waals surface area contributed by atoms with E-state index >= 15 is 0 Å². The van der Waals surface area contributed by atoms with E-state index in [1.54, 1.807) is 24.3 Å². The fourth-order valence-electron chi connectivity index (χ4n) is 4.66. The number of carbonyl (C=O) groups is 2. The number of nitrogens with one attached hydrogen (secondary N) is 2. The molecule has 3 heterocycles. The molecule has 0 bridgehead atoms. The van der Waals surface area contributed by atoms with Crippen LogP contribution < -0.4 is 10.6 Å². The van der Waals surface area contributed by atoms with Crippen molar-refractivity contribution in [2.75, 3.05) is 25.0 Å². The predicted octanol–water partition coefficient (Wildman–Crippen LogP) is 4.51. The number of ether oxygens (including phenoxy) is 1. The molecule has 0 radical (unpaired) electrons. The first kappa shape index (κ1) is 27.0. The molecule has 0 saturated carbocycles. The molecule has 13 heteroatoms. The lowest BCUT2D eigenvalue weighted by Crippen LogP contribution is -2.44. The zero-order valence-electron chi connectivity index (χ0n) is 22.0. The van der Waals surface area contributed by atoms with Gasteiger partial charge in [0, 0.05) is 24.0 Å². The van der Waals surface area contributed by atoms with Gasteiger partial charge in [-0.05, 0) is 29.8 Å². The van der Waals surface area contributed by atoms with Gasteiger partial charge in [-0.2, -0.15) is 17.7 Å². The normalized spacial score (nSPS) is 15.8. The number of para-hydroxylation sites is 1. The van der Waals surface area contributed by atoms with Gasteiger partial charge in [-0.3, -0.25) is 4.79 Å². The Labute approximate surface area is 237 Å². The van der Waals surface area contributed by atoms with Crippen LogP contribution in [0.2, 0.25) is 0 Å². The standard InChI is InChI=1S/C29H24F3N7O3/c30-29(31,32)20-12-10-19(11-13-20)24-36-25-21-8-4-5-9-22(21)34-27(39(25)37-24)35-23-16-38(15-14-33-26(23)40)28(41)42-17-18-6-2-1-3-7-18/h1-13,23H,14-17H2,(H,33,40)(H,34,35)/t23-/m1/s1. The van der Waals surface area contributed by atoms with E-state index < -0.39 is 23.9 Å². The van der Waals surface area contributed by atoms with E-state index in [9.17, 15) is 22.8 Å². The molecule has 1 aliphatic rings. The minimum absolute atomic E-state index is 0.00405. The van der Waals surface area contributed by atoms with Crippen LogP contribution in [0.4, 0.5) is 23.9 Å². The van der Waals surface area contributed by atoms with Crippen LogP contribution in [0.3, 0.4) is 0 Å². The van der Waals surface area contributed by atoms with Gasteiger partial charge in [0.15, 0.2) is 11.5 Å². The lowest BCUT2D eigenvalue weighted by molar-refractivity contribution is -0.137. The number of alkyl halides is 3. The molecule has 2 N–H and O–H groups in total. The van der Waals surface area contributed by atoms with E-state index in [-0.39, 0.29) is 43.9 Å². The van der Waals surface area contributed by atoms with E-state index in [0.29, 0.717) is 22.1 Å². The Bertz CT molecular complexity index is 1760. The average molecular weight is 576 g/mol. The van der Waals surface area contributed by atoms with Crippen molar-refractivity contribution in [2.24, 2.45) is 0 Å². The highest BCUT2D eigenvalue weighted by Crippen LogP contribution is 2.31. The molecule has 0 spiro atoms. The number of amides is 2. The van der Waals surface area contributed by atoms with Crippen molar-refractivity contribution in [1.29, 1.82) is 0 Å². The summed E-state index contributed by atoms with van der Waals surface area (Å²) in [6.07, 6.45) is -5.03. The topological polar surface area (TPSA) is 114 Å². The van der Waals surface area contributed by atoms with Crippen LogP contribution in [-0.2, 0) is 22.3 Å². The maximum Gasteiger partial charge on any atom is 0.416 e. The molecule has 0 unspecified atom stereocenters. The first-order valence-corrected chi connectivity index (χ1v) is 13.1. The van der Waals surface area contributed by atoms with Crippen molar-refractivity contribution < 1.29 is 27.5 Å². The second-order valence-electron chi connectivity index (χ2n) is 9.67. The van der Waals surface area contributed by atoms with Crippen molar-refractivity contribution in [2.45, 2.75) is 18.8 Å². The quantitative estimate of drug-likeness (QED) is 0.317. The zero-order valence-corrected chi connectivity index (χ0v) is 22.0. The first-order valence-electron chi connectivity index (χ1n) is 13.1. The molecular formula is C29H24F3N7O3. The van der Waals surface area contributed by atoms with Crippen molar-refractivity contribution >= 4 is 34.5 Å². The summed E-state index contributed by atoms with van der Waals surface area (Å²) in [7, 11) is 0. The number of carbonyl (C=O) groups excluding carboxylic acids is 2. The van der Waals surface area contributed by atoms with Gasteiger partial charge in [-0.1, -0.05) is 54.6 Å². The Hall–Kier alpha value is -5.20. The summed E-state index contributed by atoms with van der Waals surface area (Å²) < 4.78 is 46.1. The molecule has 3 aromatic carbocycles. The van der Waals surface area contributed by atoms with Gasteiger partial charge in [0.25, 0.3) is 0 Å². The highest BCUT2D eigenvalue weighted by molar-refractivity contribution is 5.93. The number of anilines is 1. The fourth-order valence-corrected chi connectivity index (χ4v) is 4.66. The molecule has 214 valence electrons. The van der Waals surface area contributed by atoms with Crippen LogP contribution >= 0.6 is 0 Å². The third-order valence-electron chi connectivity index (χ3n) is 6.82. The van der Waals surface area contributed by atoms with Crippen LogP contribution in [0.1, 0.15) is 11.1 Å². The van der Waals surface area contributed by atoms with Gasteiger partial charge in [0.1, 0.15) is 12.6 Å². The van der Waals surface area contributed by atoms with Crippen LogP contribution in [0.15, 0.2) is 78.9 Å². The molecule has 1 fully saturated rings. The van der Waals surface area contributed by atoms with E-state index in [4.69, 9.17) is 4.74 Å². The summed E-state index contributed by atoms with van der Waals surface area (Å²) in [5.74, 6) is 0.00919. The summed E-state index contributed by atoms with van der Waals surface area (Å²) >= 11 is 0. The number of nitrogens with zero attached hydrogens (tertiary/aromatic N) is 5. The Morgan fingerprint density at radius 2 is 1.74 bits per heavy atom. The summed E-state index contributed by atoms with van der Waals surface area (Å²) in [5, 5.41) is 11.1. The second-order valence-corrected chi connectivity index (χ2v) is 9.67. The Kier molecular flexibility index (Phi) is 7.07. The van der Waals surface area contributed by atoms with Crippen LogP contribution in [0.5, 0.6) is 0 Å². The second kappa shape index (κ2) is 11.0. The zero-order chi connectivity index (χ0) is 29.3. The summed E-state index contributed by atoms with van der Waals surface area (Å²) in [4.78, 5) is 36.6. The maximum absolute atomic E-state index is 13.1. The molecular weight excluding hydrogens is 551 g/mol. The predicted molar refractivity (Wildman–Crippen MR) is 147 cm³/mol. The number of hydrogen-bond acceptors (Lipinski definition) is 7. The molecule has 1 aliphatic heterocycles. The van der Waals surface area contributed by atoms with Crippen LogP contribution in [0, 0.1) is 0 Å². The molecule has 1 atom stereocenters. The molecule has 5 aromatic rings. The number of halogens is 3. The number of fused-ring (bicyclic) bond motifs is 3. The highest BCUT2D eigenvalue weighted by atomic mass is 19.4. The van der Waals surface area contributed by atoms with E-state index in [0.717, 1.165) is 17.7 Å². The molecule has 2 amide bonds. The van der Waals surface area contributed by atoms with Gasteiger partial charge >= 0.3 is 12.3 Å². The van der Waals surface area contributed by atoms with Crippen LogP contribution in [0.25, 0.3) is 27.9 Å². The Morgan fingerprint density at radius 3 is 2.50 bits per heavy atom. The molecule has 42 heavy (non-hydrogen) atoms. The van der Waals surface area contributed by atoms with Gasteiger partial charge in [-0.25, -0.2) is 14.8 Å². The summed E-state index contributed by atoms with van der Waals surface area (Å²) in [5.41, 5.74) is 1.39. The van der Waals surface area contributed by atoms with Crippen LogP contribution in [-0.4, -0.2) is 62.2 Å². The third-order valence-corrected chi connectivity index (χ3v) is 6.82. The SMILES string of the molecule is O=C1NCCN(C(=O)OCc2ccccc2)C[C@H]1Nc1nc2ccccc2c2nc(-c3ccc(C(F)(F)F)cc3)nn12. The maximum atomic E-state index is 13.1. The molecule has 2 aromatic heterocycles. The monoisotopic (exact) mass is 575 g/mol. The average Bonchev–Trinajstić information content (AvgIpc) is 3.37. The highest BCUT2D eigenvalue weighted by Gasteiger charge is 2.31. The van der Waals surface area contributed by atoms with Gasteiger partial charge < -0.3 is 20.3 Å². The van der Waals surface area contributed by atoms with Crippen molar-refractivity contribution in [1.82, 2.24) is 29.8 Å². The van der Waals surface area contributed by atoms with Gasteiger partial charge in [0.2, 0.25) is 11.9 Å². The first-order chi connectivity index (χ1) is 20.3. The number of rotatable bonds is 5. The fraction of sp³-hybridized carbons (Fsp3) is 0.207. The number of benzene rings is 3. The summed E-state index contributed by atoms with van der Waals surface area (Å²) in [6.45, 7) is 0.572. The largest absolute Gasteiger partial charge is 0.445 e. The lowest BCUT2D eigenvalue weighted by Gasteiger charge is -2.23. The molecule has 6 rings (SSSR count). The van der Waals surface area contributed by atoms with E-state index in [1.807, 2.05) is 30.3 Å². The molecule has 10 nitrogen and oxygen atoms in total. The lowest BCUT2D eigenvalue weighted by atomic mass is 10.1. The number of hydrogen-bond donors (Lipinski definition) is 2. The summed E-state index contributed by atoms with van der Waals surface area (Å²) in [6, 6.07) is 20.1. The molecule has 1 saturated heterocycles. The Morgan fingerprint density at radius 1 is 1.00 bits per heavy atom. The smallest absolute Gasteiger partial charge is 0.416 e. The minimum Gasteiger partial charge on any atom is -0.445 e. The van der Waals surface area contributed by atoms with E-state index in [1.165, 1.54) is 21.5 Å². The van der Waals surface area contributed by atoms with Crippen molar-refractivity contribution in [3.63, 3.8) is 0 Å². The van der Waals surface area contributed by atoms with Crippen molar-refractivity contribution in [3.8, 4) is 11.4 Å². The third kappa shape index (κ3) is 5.53. The van der Waals surface area contributed by atoms with Gasteiger partial charge in [0.05, 0.1) is 17.6 Å². The minimum atomic E-state index is -4.47. The van der Waals surface area contributed by atoms with Crippen molar-refractivity contribution in [3.05, 3.63) is 90.0 Å². The van der Waals surface area contributed by atoms with Gasteiger partial charge in [-0.15, -0.1) is 5.10 Å². The number of aromatic nitrogens is 4.